The summed E-state index contributed by atoms with van der Waals surface area (Å²) in [4.78, 5) is 36.3. The van der Waals surface area contributed by atoms with E-state index < -0.39 is 37.0 Å². The van der Waals surface area contributed by atoms with E-state index in [4.69, 9.17) is 21.9 Å². The van der Waals surface area contributed by atoms with Gasteiger partial charge in [-0.3, -0.25) is 21.1 Å². The number of carbonyl (C=O) groups is 3. The number of ether oxygens (including phenoxy) is 1. The molecule has 0 fully saturated rings. The number of hydrogen-bond acceptors (Lipinski definition) is 10. The van der Waals surface area contributed by atoms with Crippen molar-refractivity contribution in [2.45, 2.75) is 63.2 Å². The molecule has 13 heteroatoms. The van der Waals surface area contributed by atoms with E-state index in [1.54, 1.807) is 0 Å². The maximum atomic E-state index is 12.4. The van der Waals surface area contributed by atoms with Crippen LogP contribution < -0.4 is 38.5 Å². The van der Waals surface area contributed by atoms with Crippen molar-refractivity contribution in [2.75, 3.05) is 19.7 Å². The Balaban J connectivity index is 1.80. The van der Waals surface area contributed by atoms with Gasteiger partial charge in [-0.15, -0.1) is 0 Å². The van der Waals surface area contributed by atoms with Gasteiger partial charge in [-0.25, -0.2) is 4.79 Å². The minimum atomic E-state index is -1.60. The van der Waals surface area contributed by atoms with Gasteiger partial charge in [0.1, 0.15) is 6.29 Å². The van der Waals surface area contributed by atoms with Gasteiger partial charge in [0, 0.05) is 23.9 Å². The molecular formula is C21H37N7O6. The molecule has 0 saturated heterocycles. The first kappa shape index (κ1) is 27.5. The molecule has 0 spiro atoms. The lowest BCUT2D eigenvalue weighted by Crippen LogP contribution is -2.56. The van der Waals surface area contributed by atoms with Crippen molar-refractivity contribution >= 4 is 17.8 Å². The third-order valence-corrected chi connectivity index (χ3v) is 5.58. The summed E-state index contributed by atoms with van der Waals surface area (Å²) in [5.74, 6) is -2.84. The number of nitrogens with two attached hydrogens (primary N) is 3. The Bertz CT molecular complexity index is 773. The van der Waals surface area contributed by atoms with E-state index in [2.05, 4.69) is 21.3 Å². The highest BCUT2D eigenvalue weighted by molar-refractivity contribution is 5.88. The van der Waals surface area contributed by atoms with Gasteiger partial charge in [-0.1, -0.05) is 12.2 Å². The van der Waals surface area contributed by atoms with Crippen molar-refractivity contribution in [2.24, 2.45) is 23.1 Å². The summed E-state index contributed by atoms with van der Waals surface area (Å²) >= 11 is 0. The second-order valence-electron chi connectivity index (χ2n) is 8.35. The number of amides is 2. The van der Waals surface area contributed by atoms with Crippen molar-refractivity contribution in [3.63, 3.8) is 0 Å². The minimum absolute atomic E-state index is 0.0309. The van der Waals surface area contributed by atoms with Crippen molar-refractivity contribution < 1.29 is 29.3 Å². The molecule has 192 valence electrons. The van der Waals surface area contributed by atoms with Crippen molar-refractivity contribution in [1.82, 2.24) is 21.3 Å². The van der Waals surface area contributed by atoms with Gasteiger partial charge in [-0.05, 0) is 38.5 Å². The number of carboxylic acids is 1. The van der Waals surface area contributed by atoms with Crippen LogP contribution in [0.25, 0.3) is 0 Å². The molecule has 0 heterocycles. The lowest BCUT2D eigenvalue weighted by molar-refractivity contribution is -0.145. The fraction of sp³-hybridized carbons (Fsp3) is 0.667. The van der Waals surface area contributed by atoms with Gasteiger partial charge in [0.15, 0.2) is 12.3 Å². The number of aliphatic hydroxyl groups is 1. The van der Waals surface area contributed by atoms with E-state index in [0.717, 1.165) is 5.70 Å². The molecule has 0 aliphatic heterocycles. The summed E-state index contributed by atoms with van der Waals surface area (Å²) in [6.07, 6.45) is 5.03. The normalized spacial score (nSPS) is 22.1. The maximum Gasteiger partial charge on any atom is 0.330 e. The molecular weight excluding hydrogens is 446 g/mol. The van der Waals surface area contributed by atoms with E-state index in [1.165, 1.54) is 0 Å². The van der Waals surface area contributed by atoms with Gasteiger partial charge in [0.25, 0.3) is 0 Å². The molecule has 0 radical (unpaired) electrons. The summed E-state index contributed by atoms with van der Waals surface area (Å²) in [7, 11) is 0. The molecule has 2 rings (SSSR count). The summed E-state index contributed by atoms with van der Waals surface area (Å²) in [5.41, 5.74) is 17.9. The lowest BCUT2D eigenvalue weighted by atomic mass is 9.91. The van der Waals surface area contributed by atoms with Crippen LogP contribution in [0.15, 0.2) is 23.5 Å². The van der Waals surface area contributed by atoms with Crippen LogP contribution in [0.1, 0.15) is 38.5 Å². The topological polar surface area (TPSA) is 227 Å². The van der Waals surface area contributed by atoms with Crippen LogP contribution in [0.2, 0.25) is 0 Å². The van der Waals surface area contributed by atoms with Crippen molar-refractivity contribution in [3.05, 3.63) is 23.5 Å². The average Bonchev–Trinajstić information content (AvgIpc) is 2.80. The van der Waals surface area contributed by atoms with Crippen molar-refractivity contribution in [3.8, 4) is 0 Å². The summed E-state index contributed by atoms with van der Waals surface area (Å²) in [6.45, 7) is 0.478. The molecule has 0 bridgehead atoms. The Morgan fingerprint density at radius 2 is 1.91 bits per heavy atom. The van der Waals surface area contributed by atoms with Crippen LogP contribution in [0, 0.1) is 5.92 Å². The van der Waals surface area contributed by atoms with Crippen LogP contribution in [-0.2, 0) is 19.1 Å². The smallest absolute Gasteiger partial charge is 0.330 e. The zero-order valence-electron chi connectivity index (χ0n) is 19.2. The number of carboxylic acid groups (broad SMARTS) is 1. The number of hydrogen-bond donors (Lipinski definition) is 9. The van der Waals surface area contributed by atoms with Gasteiger partial charge in [-0.2, -0.15) is 0 Å². The van der Waals surface area contributed by atoms with Gasteiger partial charge >= 0.3 is 5.97 Å². The molecule has 12 N–H and O–H groups in total. The molecule has 2 amide bonds. The Morgan fingerprint density at radius 1 is 1.15 bits per heavy atom. The monoisotopic (exact) mass is 483 g/mol. The largest absolute Gasteiger partial charge is 0.480 e. The molecule has 13 nitrogen and oxygen atoms in total. The third kappa shape index (κ3) is 9.27. The Labute approximate surface area is 198 Å². The number of aliphatic carboxylic acids is 1. The van der Waals surface area contributed by atoms with E-state index in [9.17, 15) is 24.6 Å². The second kappa shape index (κ2) is 13.9. The van der Waals surface area contributed by atoms with E-state index in [0.29, 0.717) is 57.4 Å². The highest BCUT2D eigenvalue weighted by Crippen LogP contribution is 2.22. The molecule has 0 saturated carbocycles. The predicted molar refractivity (Wildman–Crippen MR) is 123 cm³/mol. The third-order valence-electron chi connectivity index (χ3n) is 5.58. The average molecular weight is 484 g/mol. The SMILES string of the molecule is NCCO[C@H]1CC=C(NC(O)C(NC(=O)CNC(=O)[C@@H]2CCC=C(NC(N)N)C2)C(=O)O)CC1. The highest BCUT2D eigenvalue weighted by atomic mass is 16.5. The predicted octanol–water partition coefficient (Wildman–Crippen LogP) is -2.53. The number of nitrogens with one attached hydrogen (secondary N) is 4. The molecule has 2 unspecified atom stereocenters. The van der Waals surface area contributed by atoms with Crippen LogP contribution in [-0.4, -0.2) is 72.4 Å². The summed E-state index contributed by atoms with van der Waals surface area (Å²) in [6, 6.07) is -1.60. The van der Waals surface area contributed by atoms with Gasteiger partial charge in [0.05, 0.1) is 19.3 Å². The van der Waals surface area contributed by atoms with E-state index in [1.807, 2.05) is 12.2 Å². The first-order chi connectivity index (χ1) is 16.2. The van der Waals surface area contributed by atoms with Crippen LogP contribution in [0.3, 0.4) is 0 Å². The molecule has 4 atom stereocenters. The fourth-order valence-electron chi connectivity index (χ4n) is 3.88. The zero-order valence-corrected chi connectivity index (χ0v) is 19.2. The molecule has 34 heavy (non-hydrogen) atoms. The van der Waals surface area contributed by atoms with E-state index in [-0.39, 0.29) is 17.9 Å². The number of aliphatic hydroxyl groups excluding tert-OH is 1. The van der Waals surface area contributed by atoms with Gasteiger partial charge < -0.3 is 42.0 Å². The number of carbonyl (C=O) groups excluding carboxylic acids is 2. The molecule has 0 aromatic heterocycles. The first-order valence-electron chi connectivity index (χ1n) is 11.4. The second-order valence-corrected chi connectivity index (χ2v) is 8.35. The molecule has 2 aliphatic carbocycles. The van der Waals surface area contributed by atoms with Crippen LogP contribution in [0.4, 0.5) is 0 Å². The Morgan fingerprint density at radius 3 is 2.53 bits per heavy atom. The van der Waals surface area contributed by atoms with Gasteiger partial charge in [0.2, 0.25) is 11.8 Å². The molecule has 0 aromatic carbocycles. The standard InChI is InChI=1S/C21H37N7O6/c22-8-9-34-15-6-4-13(5-7-15)26-19(31)17(20(32)33)28-16(29)11-25-18(30)12-2-1-3-14(10-12)27-21(23)24/h3-4,12,15,17,19,21,26-27,31H,1-2,5-11,22-24H2,(H,25,30)(H,28,29)(H,32,33)/t12-,15+,17?,19?/m1/s1. The Hall–Kier alpha value is -2.71. The number of rotatable bonds is 13. The highest BCUT2D eigenvalue weighted by Gasteiger charge is 2.30. The molecule has 0 aromatic rings. The Kier molecular flexibility index (Phi) is 11.2. The summed E-state index contributed by atoms with van der Waals surface area (Å²) in [5, 5.41) is 30.2. The van der Waals surface area contributed by atoms with Crippen molar-refractivity contribution in [1.29, 1.82) is 0 Å². The molecule has 2 aliphatic rings. The number of allylic oxidation sites excluding steroid dienone is 3. The maximum absolute atomic E-state index is 12.4. The lowest BCUT2D eigenvalue weighted by Gasteiger charge is -2.27. The minimum Gasteiger partial charge on any atom is -0.480 e. The zero-order chi connectivity index (χ0) is 25.1. The van der Waals surface area contributed by atoms with Crippen LogP contribution in [0.5, 0.6) is 0 Å². The van der Waals surface area contributed by atoms with Crippen LogP contribution >= 0.6 is 0 Å². The van der Waals surface area contributed by atoms with E-state index >= 15 is 0 Å². The quantitative estimate of drug-likeness (QED) is 0.124. The first-order valence-corrected chi connectivity index (χ1v) is 11.4. The fourth-order valence-corrected chi connectivity index (χ4v) is 3.88. The summed E-state index contributed by atoms with van der Waals surface area (Å²) < 4.78 is 5.57.